The normalized spacial score (nSPS) is 13.5. The van der Waals surface area contributed by atoms with Gasteiger partial charge in [-0.2, -0.15) is 0 Å². The van der Waals surface area contributed by atoms with E-state index in [0.717, 1.165) is 11.1 Å². The van der Waals surface area contributed by atoms with Gasteiger partial charge < -0.3 is 0 Å². The van der Waals surface area contributed by atoms with Crippen molar-refractivity contribution in [3.8, 4) is 0 Å². The van der Waals surface area contributed by atoms with E-state index in [-0.39, 0.29) is 16.8 Å². The zero-order valence-corrected chi connectivity index (χ0v) is 14.5. The SMILES string of the molecule is CC(c1ccc(S(N)(=O)=O)cc1)N(C)C/C=C/c1ccc(F)cc1. The van der Waals surface area contributed by atoms with Crippen LogP contribution in [0.5, 0.6) is 0 Å². The molecular weight excluding hydrogens is 327 g/mol. The molecule has 0 aliphatic heterocycles. The topological polar surface area (TPSA) is 63.4 Å². The summed E-state index contributed by atoms with van der Waals surface area (Å²) < 4.78 is 35.4. The highest BCUT2D eigenvalue weighted by Crippen LogP contribution is 2.20. The van der Waals surface area contributed by atoms with Gasteiger partial charge in [-0.1, -0.05) is 36.4 Å². The summed E-state index contributed by atoms with van der Waals surface area (Å²) in [5.41, 5.74) is 1.94. The summed E-state index contributed by atoms with van der Waals surface area (Å²) in [7, 11) is -1.69. The van der Waals surface area contributed by atoms with E-state index in [4.69, 9.17) is 5.14 Å². The number of nitrogens with zero attached hydrogens (tertiary/aromatic N) is 1. The van der Waals surface area contributed by atoms with Crippen LogP contribution in [-0.2, 0) is 10.0 Å². The Morgan fingerprint density at radius 2 is 1.71 bits per heavy atom. The van der Waals surface area contributed by atoms with E-state index < -0.39 is 10.0 Å². The van der Waals surface area contributed by atoms with Gasteiger partial charge in [-0.05, 0) is 49.4 Å². The Kier molecular flexibility index (Phi) is 5.88. The van der Waals surface area contributed by atoms with Crippen molar-refractivity contribution in [2.45, 2.75) is 17.9 Å². The first kappa shape index (κ1) is 18.3. The van der Waals surface area contributed by atoms with Crippen LogP contribution in [0.1, 0.15) is 24.1 Å². The summed E-state index contributed by atoms with van der Waals surface area (Å²) >= 11 is 0. The first-order valence-electron chi connectivity index (χ1n) is 7.52. The molecule has 0 amide bonds. The zero-order chi connectivity index (χ0) is 17.7. The van der Waals surface area contributed by atoms with Crippen LogP contribution < -0.4 is 5.14 Å². The molecule has 0 fully saturated rings. The molecule has 2 aromatic carbocycles. The lowest BCUT2D eigenvalue weighted by molar-refractivity contribution is 0.290. The number of hydrogen-bond donors (Lipinski definition) is 1. The fourth-order valence-corrected chi connectivity index (χ4v) is 2.79. The molecule has 0 radical (unpaired) electrons. The van der Waals surface area contributed by atoms with Crippen LogP contribution in [0.2, 0.25) is 0 Å². The fraction of sp³-hybridized carbons (Fsp3) is 0.222. The number of likely N-dealkylation sites (N-methyl/N-ethyl adjacent to an activating group) is 1. The first-order chi connectivity index (χ1) is 11.3. The third-order valence-corrected chi connectivity index (χ3v) is 4.86. The molecule has 0 aliphatic carbocycles. The highest BCUT2D eigenvalue weighted by atomic mass is 32.2. The van der Waals surface area contributed by atoms with Gasteiger partial charge in [0.25, 0.3) is 0 Å². The Morgan fingerprint density at radius 3 is 2.25 bits per heavy atom. The van der Waals surface area contributed by atoms with Crippen molar-refractivity contribution in [2.24, 2.45) is 5.14 Å². The molecule has 24 heavy (non-hydrogen) atoms. The molecule has 0 aliphatic rings. The Hall–Kier alpha value is -2.02. The summed E-state index contributed by atoms with van der Waals surface area (Å²) in [4.78, 5) is 2.23. The minimum absolute atomic E-state index is 0.109. The molecular formula is C18H21FN2O2S. The Morgan fingerprint density at radius 1 is 1.12 bits per heavy atom. The van der Waals surface area contributed by atoms with Crippen LogP contribution in [0.25, 0.3) is 6.08 Å². The van der Waals surface area contributed by atoms with E-state index >= 15 is 0 Å². The van der Waals surface area contributed by atoms with Crippen molar-refractivity contribution in [3.05, 3.63) is 71.6 Å². The maximum Gasteiger partial charge on any atom is 0.238 e. The molecule has 0 saturated carbocycles. The molecule has 0 bridgehead atoms. The number of primary sulfonamides is 1. The van der Waals surface area contributed by atoms with E-state index in [1.165, 1.54) is 24.3 Å². The Balaban J connectivity index is 1.98. The summed E-state index contributed by atoms with van der Waals surface area (Å²) in [5.74, 6) is -0.249. The molecule has 2 rings (SSSR count). The third kappa shape index (κ3) is 4.99. The molecule has 6 heteroatoms. The van der Waals surface area contributed by atoms with Crippen LogP contribution in [0.3, 0.4) is 0 Å². The van der Waals surface area contributed by atoms with E-state index in [1.807, 2.05) is 26.1 Å². The Bertz CT molecular complexity index is 800. The lowest BCUT2D eigenvalue weighted by atomic mass is 10.1. The van der Waals surface area contributed by atoms with Crippen LogP contribution >= 0.6 is 0 Å². The second-order valence-electron chi connectivity index (χ2n) is 5.68. The van der Waals surface area contributed by atoms with Crippen molar-refractivity contribution < 1.29 is 12.8 Å². The third-order valence-electron chi connectivity index (χ3n) is 3.93. The lowest BCUT2D eigenvalue weighted by Gasteiger charge is -2.23. The number of nitrogens with two attached hydrogens (primary N) is 1. The van der Waals surface area contributed by atoms with Gasteiger partial charge in [-0.15, -0.1) is 0 Å². The molecule has 1 unspecified atom stereocenters. The monoisotopic (exact) mass is 348 g/mol. The molecule has 0 heterocycles. The largest absolute Gasteiger partial charge is 0.296 e. The van der Waals surface area contributed by atoms with Crippen LogP contribution in [0.4, 0.5) is 4.39 Å². The average Bonchev–Trinajstić information content (AvgIpc) is 2.55. The zero-order valence-electron chi connectivity index (χ0n) is 13.7. The van der Waals surface area contributed by atoms with Gasteiger partial charge in [0.1, 0.15) is 5.82 Å². The number of benzene rings is 2. The van der Waals surface area contributed by atoms with Gasteiger partial charge in [0.2, 0.25) is 10.0 Å². The molecule has 0 aromatic heterocycles. The average molecular weight is 348 g/mol. The number of halogens is 1. The summed E-state index contributed by atoms with van der Waals surface area (Å²) in [6.07, 6.45) is 3.94. The van der Waals surface area contributed by atoms with Crippen LogP contribution in [-0.4, -0.2) is 26.9 Å². The smallest absolute Gasteiger partial charge is 0.238 e. The maximum absolute atomic E-state index is 12.9. The van der Waals surface area contributed by atoms with Crippen LogP contribution in [0.15, 0.2) is 59.5 Å². The molecule has 128 valence electrons. The van der Waals surface area contributed by atoms with Gasteiger partial charge in [0.15, 0.2) is 0 Å². The molecule has 0 spiro atoms. The minimum Gasteiger partial charge on any atom is -0.296 e. The predicted molar refractivity (Wildman–Crippen MR) is 94.3 cm³/mol. The van der Waals surface area contributed by atoms with E-state index in [0.29, 0.717) is 6.54 Å². The van der Waals surface area contributed by atoms with E-state index in [2.05, 4.69) is 4.90 Å². The van der Waals surface area contributed by atoms with Gasteiger partial charge in [0.05, 0.1) is 4.90 Å². The fourth-order valence-electron chi connectivity index (χ4n) is 2.28. The lowest BCUT2D eigenvalue weighted by Crippen LogP contribution is -2.22. The van der Waals surface area contributed by atoms with Crippen molar-refractivity contribution in [1.82, 2.24) is 4.90 Å². The van der Waals surface area contributed by atoms with Crippen molar-refractivity contribution in [2.75, 3.05) is 13.6 Å². The van der Waals surface area contributed by atoms with E-state index in [9.17, 15) is 12.8 Å². The van der Waals surface area contributed by atoms with E-state index in [1.54, 1.807) is 24.3 Å². The molecule has 4 nitrogen and oxygen atoms in total. The van der Waals surface area contributed by atoms with Crippen molar-refractivity contribution in [3.63, 3.8) is 0 Å². The van der Waals surface area contributed by atoms with Gasteiger partial charge in [-0.3, -0.25) is 4.90 Å². The number of hydrogen-bond acceptors (Lipinski definition) is 3. The van der Waals surface area contributed by atoms with Crippen molar-refractivity contribution >= 4 is 16.1 Å². The maximum atomic E-state index is 12.9. The van der Waals surface area contributed by atoms with Crippen molar-refractivity contribution in [1.29, 1.82) is 0 Å². The molecule has 2 aromatic rings. The van der Waals surface area contributed by atoms with Gasteiger partial charge in [-0.25, -0.2) is 17.9 Å². The number of rotatable bonds is 6. The standard InChI is InChI=1S/C18H21FN2O2S/c1-14(16-7-11-18(12-8-16)24(20,22)23)21(2)13-3-4-15-5-9-17(19)10-6-15/h3-12,14H,13H2,1-2H3,(H2,20,22,23)/b4-3+. The summed E-state index contributed by atoms with van der Waals surface area (Å²) in [6, 6.07) is 13.0. The highest BCUT2D eigenvalue weighted by Gasteiger charge is 2.12. The molecule has 2 N–H and O–H groups in total. The Labute approximate surface area is 142 Å². The predicted octanol–water partition coefficient (Wildman–Crippen LogP) is 3.18. The number of sulfonamides is 1. The molecule has 0 saturated heterocycles. The highest BCUT2D eigenvalue weighted by molar-refractivity contribution is 7.89. The minimum atomic E-state index is -3.66. The first-order valence-corrected chi connectivity index (χ1v) is 9.07. The second kappa shape index (κ2) is 7.70. The summed E-state index contributed by atoms with van der Waals surface area (Å²) in [5, 5.41) is 5.10. The molecule has 1 atom stereocenters. The van der Waals surface area contributed by atoms with Gasteiger partial charge in [0, 0.05) is 12.6 Å². The van der Waals surface area contributed by atoms with Crippen LogP contribution in [0, 0.1) is 5.82 Å². The van der Waals surface area contributed by atoms with Gasteiger partial charge >= 0.3 is 0 Å². The second-order valence-corrected chi connectivity index (χ2v) is 7.24. The quantitative estimate of drug-likeness (QED) is 0.872. The summed E-state index contributed by atoms with van der Waals surface area (Å²) in [6.45, 7) is 2.74.